The molecule has 0 spiro atoms. The van der Waals surface area contributed by atoms with Crippen LogP contribution in [0.15, 0.2) is 27.8 Å². The maximum Gasteiger partial charge on any atom is 0.506 e. The van der Waals surface area contributed by atoms with Crippen molar-refractivity contribution < 1.29 is 30.1 Å². The van der Waals surface area contributed by atoms with Gasteiger partial charge in [0.25, 0.3) is 5.56 Å². The minimum atomic E-state index is -1.97. The van der Waals surface area contributed by atoms with E-state index in [4.69, 9.17) is 0 Å². The predicted molar refractivity (Wildman–Crippen MR) is 146 cm³/mol. The van der Waals surface area contributed by atoms with E-state index in [2.05, 4.69) is 44.6 Å². The monoisotopic (exact) mass is 526 g/mol. The highest BCUT2D eigenvalue weighted by Crippen LogP contribution is 2.84. The summed E-state index contributed by atoms with van der Waals surface area (Å²) >= 11 is 0. The summed E-state index contributed by atoms with van der Waals surface area (Å²) < 4.78 is 0. The minimum Gasteiger partial charge on any atom is -0.423 e. The SMILES string of the molecule is CC1(C)C(CCc2cc(B(O)O)c(=O)[nH]c2B(O)O)C2C(CCc3ccc(B(O)O)[nH]c3=O)C(C)(C)[C@]21C. The molecule has 0 aliphatic heterocycles. The van der Waals surface area contributed by atoms with Gasteiger partial charge in [0.15, 0.2) is 0 Å². The molecule has 0 amide bonds. The van der Waals surface area contributed by atoms with Gasteiger partial charge in [-0.15, -0.1) is 0 Å². The van der Waals surface area contributed by atoms with Crippen molar-refractivity contribution in [1.29, 1.82) is 0 Å². The molecular formula is C25H37B3N2O8. The molecule has 13 heteroatoms. The molecule has 0 radical (unpaired) electrons. The number of aromatic nitrogens is 2. The normalized spacial score (nSPS) is 26.7. The lowest BCUT2D eigenvalue weighted by Gasteiger charge is -2.84. The average Bonchev–Trinajstić information content (AvgIpc) is 2.82. The lowest BCUT2D eigenvalue weighted by molar-refractivity contribution is -0.366. The molecule has 4 atom stereocenters. The van der Waals surface area contributed by atoms with E-state index in [0.29, 0.717) is 42.2 Å². The molecule has 8 N–H and O–H groups in total. The second-order valence-corrected chi connectivity index (χ2v) is 12.3. The molecule has 4 rings (SSSR count). The fourth-order valence-electron chi connectivity index (χ4n) is 8.05. The zero-order chi connectivity index (χ0) is 28.4. The molecule has 3 unspecified atom stereocenters. The first kappa shape index (κ1) is 28.9. The van der Waals surface area contributed by atoms with Crippen molar-refractivity contribution in [1.82, 2.24) is 9.97 Å². The second kappa shape index (κ2) is 9.80. The number of hydrogen-bond acceptors (Lipinski definition) is 8. The van der Waals surface area contributed by atoms with E-state index in [1.807, 2.05) is 0 Å². The van der Waals surface area contributed by atoms with Crippen LogP contribution in [0.3, 0.4) is 0 Å². The van der Waals surface area contributed by atoms with Crippen LogP contribution in [0.4, 0.5) is 0 Å². The first-order chi connectivity index (χ1) is 17.6. The third-order valence-electron chi connectivity index (χ3n) is 10.5. The third-order valence-corrected chi connectivity index (χ3v) is 10.5. The molecule has 0 aromatic carbocycles. The standard InChI is InChI=1S/C25H37B3N2O8/c1-23(2)15(9-6-13-8-11-18(27(35)36)29-21(13)31)19-16(24(3,4)25(19,23)5)10-7-14-12-17(26(33)34)22(32)30-20(14)28(37)38/h8,11-12,15-16,19,33-38H,6-7,9-10H2,1-5H3,(H,29,31)(H,30,32)/t15?,16?,19?,25-/m0/s1. The predicted octanol–water partition coefficient (Wildman–Crippen LogP) is -2.40. The molecule has 2 aliphatic rings. The van der Waals surface area contributed by atoms with Gasteiger partial charge in [-0.1, -0.05) is 46.8 Å². The molecular weight excluding hydrogens is 489 g/mol. The van der Waals surface area contributed by atoms with E-state index in [1.54, 1.807) is 6.07 Å². The smallest absolute Gasteiger partial charge is 0.423 e. The number of aromatic amines is 2. The number of rotatable bonds is 9. The van der Waals surface area contributed by atoms with E-state index in [-0.39, 0.29) is 44.4 Å². The molecule has 2 fully saturated rings. The maximum absolute atomic E-state index is 12.5. The number of aryl methyl sites for hydroxylation is 2. The Kier molecular flexibility index (Phi) is 7.44. The first-order valence-electron chi connectivity index (χ1n) is 13.1. The van der Waals surface area contributed by atoms with Gasteiger partial charge >= 0.3 is 21.4 Å². The van der Waals surface area contributed by atoms with E-state index in [0.717, 1.165) is 6.42 Å². The summed E-state index contributed by atoms with van der Waals surface area (Å²) in [6.07, 6.45) is 2.48. The van der Waals surface area contributed by atoms with Crippen molar-refractivity contribution in [3.05, 3.63) is 50.0 Å². The Morgan fingerprint density at radius 2 is 1.29 bits per heavy atom. The average molecular weight is 526 g/mol. The topological polar surface area (TPSA) is 187 Å². The summed E-state index contributed by atoms with van der Waals surface area (Å²) in [5.74, 6) is 0.994. The maximum atomic E-state index is 12.5. The van der Waals surface area contributed by atoms with Crippen molar-refractivity contribution in [3.8, 4) is 0 Å². The van der Waals surface area contributed by atoms with Gasteiger partial charge in [0, 0.05) is 16.6 Å². The Morgan fingerprint density at radius 1 is 0.737 bits per heavy atom. The number of fused-ring (bicyclic) bond motifs is 1. The van der Waals surface area contributed by atoms with Crippen LogP contribution in [-0.2, 0) is 12.8 Å². The van der Waals surface area contributed by atoms with Gasteiger partial charge in [-0.25, -0.2) is 0 Å². The summed E-state index contributed by atoms with van der Waals surface area (Å²) in [7, 11) is -5.60. The summed E-state index contributed by atoms with van der Waals surface area (Å²) in [5, 5.41) is 57.3. The molecule has 2 aliphatic carbocycles. The van der Waals surface area contributed by atoms with Crippen LogP contribution in [0.2, 0.25) is 0 Å². The number of pyridine rings is 2. The number of nitrogens with one attached hydrogen (secondary N) is 2. The lowest BCUT2D eigenvalue weighted by Crippen LogP contribution is -2.79. The van der Waals surface area contributed by atoms with Crippen molar-refractivity contribution in [3.63, 3.8) is 0 Å². The number of hydrogen-bond donors (Lipinski definition) is 8. The summed E-state index contributed by atoms with van der Waals surface area (Å²) in [5.41, 5.74) is -0.213. The van der Waals surface area contributed by atoms with Gasteiger partial charge in [0.1, 0.15) is 0 Å². The van der Waals surface area contributed by atoms with Crippen LogP contribution >= 0.6 is 0 Å². The first-order valence-corrected chi connectivity index (χ1v) is 13.1. The van der Waals surface area contributed by atoms with Gasteiger partial charge < -0.3 is 40.1 Å². The van der Waals surface area contributed by atoms with Gasteiger partial charge in [-0.3, -0.25) is 9.59 Å². The highest BCUT2D eigenvalue weighted by molar-refractivity contribution is 6.60. The lowest BCUT2D eigenvalue weighted by atomic mass is 9.20. The van der Waals surface area contributed by atoms with Gasteiger partial charge in [0.05, 0.1) is 5.59 Å². The van der Waals surface area contributed by atoms with Crippen LogP contribution in [0, 0.1) is 34.0 Å². The highest BCUT2D eigenvalue weighted by Gasteiger charge is 2.79. The molecule has 2 heterocycles. The third kappa shape index (κ3) is 4.24. The van der Waals surface area contributed by atoms with Crippen LogP contribution < -0.4 is 27.8 Å². The van der Waals surface area contributed by atoms with Crippen molar-refractivity contribution in [2.24, 2.45) is 34.0 Å². The molecule has 2 saturated carbocycles. The quantitative estimate of drug-likeness (QED) is 0.166. The highest BCUT2D eigenvalue weighted by atomic mass is 16.4. The molecule has 2 aromatic heterocycles. The molecule has 38 heavy (non-hydrogen) atoms. The Balaban J connectivity index is 1.55. The fraction of sp³-hybridized carbons (Fsp3) is 0.600. The van der Waals surface area contributed by atoms with E-state index >= 15 is 0 Å². The molecule has 2 aromatic rings. The van der Waals surface area contributed by atoms with Crippen LogP contribution in [-0.4, -0.2) is 61.5 Å². The largest absolute Gasteiger partial charge is 0.506 e. The summed E-state index contributed by atoms with van der Waals surface area (Å²) in [6.45, 7) is 11.4. The Labute approximate surface area is 222 Å². The minimum absolute atomic E-state index is 0.0181. The Bertz CT molecular complexity index is 1320. The van der Waals surface area contributed by atoms with Crippen LogP contribution in [0.5, 0.6) is 0 Å². The molecule has 204 valence electrons. The van der Waals surface area contributed by atoms with E-state index in [1.165, 1.54) is 12.1 Å². The van der Waals surface area contributed by atoms with Gasteiger partial charge in [-0.05, 0) is 71.3 Å². The second-order valence-electron chi connectivity index (χ2n) is 12.3. The van der Waals surface area contributed by atoms with E-state index < -0.39 is 26.9 Å². The molecule has 0 saturated heterocycles. The van der Waals surface area contributed by atoms with Crippen molar-refractivity contribution >= 4 is 38.0 Å². The van der Waals surface area contributed by atoms with Gasteiger partial charge in [0.2, 0.25) is 5.56 Å². The van der Waals surface area contributed by atoms with Crippen LogP contribution in [0.25, 0.3) is 0 Å². The number of H-pyrrole nitrogens is 2. The van der Waals surface area contributed by atoms with E-state index in [9.17, 15) is 39.7 Å². The molecule has 10 nitrogen and oxygen atoms in total. The zero-order valence-corrected chi connectivity index (χ0v) is 22.5. The van der Waals surface area contributed by atoms with Gasteiger partial charge in [-0.2, -0.15) is 0 Å². The van der Waals surface area contributed by atoms with Crippen LogP contribution in [0.1, 0.15) is 58.6 Å². The summed E-state index contributed by atoms with van der Waals surface area (Å²) in [4.78, 5) is 29.5. The molecule has 0 bridgehead atoms. The van der Waals surface area contributed by atoms with Crippen molar-refractivity contribution in [2.75, 3.05) is 0 Å². The summed E-state index contributed by atoms with van der Waals surface area (Å²) in [6, 6.07) is 4.50. The Hall–Kier alpha value is -2.15. The zero-order valence-electron chi connectivity index (χ0n) is 22.5. The Morgan fingerprint density at radius 3 is 1.76 bits per heavy atom. The van der Waals surface area contributed by atoms with Crippen molar-refractivity contribution in [2.45, 2.75) is 60.3 Å². The fourth-order valence-corrected chi connectivity index (χ4v) is 8.05.